The molecule has 1 heterocycles. The summed E-state index contributed by atoms with van der Waals surface area (Å²) < 4.78 is 1.62. The lowest BCUT2D eigenvalue weighted by Crippen LogP contribution is -2.23. The second kappa shape index (κ2) is 9.82. The van der Waals surface area contributed by atoms with Crippen LogP contribution in [-0.4, -0.2) is 55.9 Å². The summed E-state index contributed by atoms with van der Waals surface area (Å²) in [4.78, 5) is 14.8. The van der Waals surface area contributed by atoms with Crippen LogP contribution in [0, 0.1) is 0 Å². The smallest absolute Gasteiger partial charge is 0.289 e. The fraction of sp³-hybridized carbons (Fsp3) is 0.375. The Balaban J connectivity index is 2.13. The van der Waals surface area contributed by atoms with Gasteiger partial charge in [0.05, 0.1) is 5.56 Å². The molecule has 0 radical (unpaired) electrons. The largest absolute Gasteiger partial charge is 0.508 e. The maximum Gasteiger partial charge on any atom is 0.289 e. The van der Waals surface area contributed by atoms with Crippen molar-refractivity contribution < 1.29 is 15.0 Å². The lowest BCUT2D eigenvalue weighted by atomic mass is 9.98. The average Bonchev–Trinajstić information content (AvgIpc) is 3.22. The highest BCUT2D eigenvalue weighted by Crippen LogP contribution is 2.38. The van der Waals surface area contributed by atoms with Gasteiger partial charge in [0.1, 0.15) is 11.5 Å². The molecule has 0 unspecified atom stereocenters. The molecule has 0 saturated carbocycles. The van der Waals surface area contributed by atoms with E-state index < -0.39 is 5.91 Å². The van der Waals surface area contributed by atoms with Gasteiger partial charge in [0.25, 0.3) is 5.91 Å². The average molecular weight is 438 g/mol. The van der Waals surface area contributed by atoms with E-state index >= 15 is 0 Å². The predicted octanol–water partition coefficient (Wildman–Crippen LogP) is 3.67. The molecule has 3 N–H and O–H groups in total. The summed E-state index contributed by atoms with van der Waals surface area (Å²) in [5.74, 6) is -0.0550. The third-order valence-corrected chi connectivity index (χ3v) is 5.60. The van der Waals surface area contributed by atoms with Crippen LogP contribution >= 0.6 is 0 Å². The van der Waals surface area contributed by atoms with Crippen LogP contribution in [0.1, 0.15) is 55.4 Å². The number of hydrogen-bond donors (Lipinski definition) is 3. The van der Waals surface area contributed by atoms with Crippen molar-refractivity contribution in [2.75, 3.05) is 20.1 Å². The highest BCUT2D eigenvalue weighted by atomic mass is 16.3. The first-order chi connectivity index (χ1) is 15.3. The first-order valence-corrected chi connectivity index (χ1v) is 10.9. The molecular formula is C24H31N5O3. The molecule has 0 aliphatic rings. The van der Waals surface area contributed by atoms with E-state index in [0.29, 0.717) is 22.6 Å². The van der Waals surface area contributed by atoms with Gasteiger partial charge >= 0.3 is 0 Å². The minimum absolute atomic E-state index is 0.0135. The molecular weight excluding hydrogens is 406 g/mol. The Hall–Kier alpha value is -3.39. The Morgan fingerprint density at radius 2 is 1.72 bits per heavy atom. The highest BCUT2D eigenvalue weighted by molar-refractivity contribution is 5.92. The first kappa shape index (κ1) is 23.3. The van der Waals surface area contributed by atoms with E-state index in [4.69, 9.17) is 0 Å². The van der Waals surface area contributed by atoms with Gasteiger partial charge in [-0.3, -0.25) is 14.3 Å². The predicted molar refractivity (Wildman–Crippen MR) is 124 cm³/mol. The monoisotopic (exact) mass is 437 g/mol. The van der Waals surface area contributed by atoms with Gasteiger partial charge in [-0.2, -0.15) is 0 Å². The van der Waals surface area contributed by atoms with Crippen LogP contribution in [0.3, 0.4) is 0 Å². The summed E-state index contributed by atoms with van der Waals surface area (Å²) in [6.45, 7) is 10.9. The third-order valence-electron chi connectivity index (χ3n) is 5.60. The van der Waals surface area contributed by atoms with Gasteiger partial charge in [-0.05, 0) is 48.3 Å². The van der Waals surface area contributed by atoms with Crippen molar-refractivity contribution in [1.29, 1.82) is 0 Å². The van der Waals surface area contributed by atoms with E-state index in [0.717, 1.165) is 25.2 Å². The number of carbonyl (C=O) groups excluding carboxylic acids is 1. The van der Waals surface area contributed by atoms with E-state index in [9.17, 15) is 15.0 Å². The normalized spacial score (nSPS) is 11.3. The van der Waals surface area contributed by atoms with Crippen LogP contribution in [-0.2, 0) is 6.54 Å². The van der Waals surface area contributed by atoms with Gasteiger partial charge in [-0.25, -0.2) is 0 Å². The number of phenolic OH excluding ortho intramolecular Hbond substituents is 2. The lowest BCUT2D eigenvalue weighted by Gasteiger charge is -2.18. The number of nitrogens with one attached hydrogen (secondary N) is 1. The van der Waals surface area contributed by atoms with Crippen LogP contribution < -0.4 is 5.32 Å². The zero-order chi connectivity index (χ0) is 23.4. The van der Waals surface area contributed by atoms with E-state index in [1.165, 1.54) is 13.1 Å². The molecule has 0 saturated heterocycles. The molecule has 0 spiro atoms. The highest BCUT2D eigenvalue weighted by Gasteiger charge is 2.24. The second-order valence-corrected chi connectivity index (χ2v) is 7.97. The number of hydrogen-bond acceptors (Lipinski definition) is 6. The number of phenols is 2. The Morgan fingerprint density at radius 1 is 1.06 bits per heavy atom. The van der Waals surface area contributed by atoms with E-state index in [-0.39, 0.29) is 23.2 Å². The molecule has 8 nitrogen and oxygen atoms in total. The number of amides is 1. The number of rotatable bonds is 8. The second-order valence-electron chi connectivity index (χ2n) is 7.97. The van der Waals surface area contributed by atoms with Crippen molar-refractivity contribution in [2.24, 2.45) is 0 Å². The summed E-state index contributed by atoms with van der Waals surface area (Å²) in [6.07, 6.45) is 0. The number of carbonyl (C=O) groups is 1. The van der Waals surface area contributed by atoms with Gasteiger partial charge in [-0.1, -0.05) is 39.8 Å². The van der Waals surface area contributed by atoms with Crippen LogP contribution in [0.5, 0.6) is 11.5 Å². The van der Waals surface area contributed by atoms with Gasteiger partial charge in [0.15, 0.2) is 5.82 Å². The minimum Gasteiger partial charge on any atom is -0.508 e. The fourth-order valence-electron chi connectivity index (χ4n) is 3.65. The molecule has 32 heavy (non-hydrogen) atoms. The Kier molecular flexibility index (Phi) is 7.15. The van der Waals surface area contributed by atoms with Crippen molar-refractivity contribution in [1.82, 2.24) is 25.0 Å². The Morgan fingerprint density at radius 3 is 2.28 bits per heavy atom. The number of nitrogens with zero attached hydrogens (tertiary/aromatic N) is 4. The molecule has 0 aliphatic carbocycles. The van der Waals surface area contributed by atoms with Gasteiger partial charge in [0, 0.05) is 25.3 Å². The Labute approximate surface area is 188 Å². The maximum atomic E-state index is 12.5. The zero-order valence-corrected chi connectivity index (χ0v) is 19.3. The van der Waals surface area contributed by atoms with Crippen molar-refractivity contribution in [3.63, 3.8) is 0 Å². The summed E-state index contributed by atoms with van der Waals surface area (Å²) in [6, 6.07) is 10.9. The van der Waals surface area contributed by atoms with E-state index in [1.54, 1.807) is 10.6 Å². The van der Waals surface area contributed by atoms with Gasteiger partial charge in [0.2, 0.25) is 5.82 Å². The van der Waals surface area contributed by atoms with Gasteiger partial charge in [-0.15, -0.1) is 10.2 Å². The van der Waals surface area contributed by atoms with Gasteiger partial charge < -0.3 is 15.5 Å². The maximum absolute atomic E-state index is 12.5. The minimum atomic E-state index is -0.390. The molecule has 170 valence electrons. The molecule has 2 aromatic carbocycles. The third kappa shape index (κ3) is 4.60. The zero-order valence-electron chi connectivity index (χ0n) is 19.3. The molecule has 3 rings (SSSR count). The fourth-order valence-corrected chi connectivity index (χ4v) is 3.65. The number of aromatic hydroxyl groups is 2. The molecule has 0 aliphatic heterocycles. The van der Waals surface area contributed by atoms with Crippen molar-refractivity contribution in [3.05, 3.63) is 53.3 Å². The SMILES string of the molecule is CCN(CC)Cc1ccc(-n2c(C(=O)NC)nnc2-c2cc(C(C)C)c(O)cc2O)cc1. The molecule has 8 heteroatoms. The molecule has 0 fully saturated rings. The van der Waals surface area contributed by atoms with Crippen LogP contribution in [0.15, 0.2) is 36.4 Å². The van der Waals surface area contributed by atoms with E-state index in [2.05, 4.69) is 34.3 Å². The number of benzene rings is 2. The quantitative estimate of drug-likeness (QED) is 0.497. The molecule has 3 aromatic rings. The van der Waals surface area contributed by atoms with Crippen LogP contribution in [0.25, 0.3) is 17.1 Å². The summed E-state index contributed by atoms with van der Waals surface area (Å²) >= 11 is 0. The van der Waals surface area contributed by atoms with Crippen molar-refractivity contribution in [3.8, 4) is 28.6 Å². The summed E-state index contributed by atoms with van der Waals surface area (Å²) in [5, 5.41) is 31.7. The summed E-state index contributed by atoms with van der Waals surface area (Å²) in [7, 11) is 1.53. The lowest BCUT2D eigenvalue weighted by molar-refractivity contribution is 0.0951. The van der Waals surface area contributed by atoms with E-state index in [1.807, 2.05) is 38.1 Å². The Bertz CT molecular complexity index is 1090. The van der Waals surface area contributed by atoms with Crippen LogP contribution in [0.2, 0.25) is 0 Å². The van der Waals surface area contributed by atoms with Crippen molar-refractivity contribution >= 4 is 5.91 Å². The van der Waals surface area contributed by atoms with Crippen molar-refractivity contribution in [2.45, 2.75) is 40.2 Å². The molecule has 0 bridgehead atoms. The molecule has 0 atom stereocenters. The van der Waals surface area contributed by atoms with Crippen LogP contribution in [0.4, 0.5) is 0 Å². The number of aromatic nitrogens is 3. The first-order valence-electron chi connectivity index (χ1n) is 10.9. The summed E-state index contributed by atoms with van der Waals surface area (Å²) in [5.41, 5.74) is 2.92. The standard InChI is InChI=1S/C24H31N5O3/c1-6-28(7-2)14-16-8-10-17(11-9-16)29-22(26-27-23(29)24(32)25-5)19-12-18(15(3)4)20(30)13-21(19)31/h8-13,15,30-31H,6-7,14H2,1-5H3,(H,25,32). The molecule has 1 amide bonds. The molecule has 1 aromatic heterocycles. The topological polar surface area (TPSA) is 104 Å².